The van der Waals surface area contributed by atoms with Crippen molar-refractivity contribution in [1.82, 2.24) is 14.3 Å². The molecule has 2 aromatic heterocycles. The van der Waals surface area contributed by atoms with Crippen molar-refractivity contribution in [3.05, 3.63) is 84.6 Å². The highest BCUT2D eigenvalue weighted by Gasteiger charge is 2.24. The third kappa shape index (κ3) is 3.46. The summed E-state index contributed by atoms with van der Waals surface area (Å²) in [6.45, 7) is 0. The Morgan fingerprint density at radius 1 is 1.00 bits per heavy atom. The number of hydrogen-bond acceptors (Lipinski definition) is 4. The summed E-state index contributed by atoms with van der Waals surface area (Å²) in [6, 6.07) is 16.1. The van der Waals surface area contributed by atoms with Crippen LogP contribution in [0.25, 0.3) is 22.0 Å². The summed E-state index contributed by atoms with van der Waals surface area (Å²) < 4.78 is 42.4. The lowest BCUT2D eigenvalue weighted by Gasteiger charge is -2.26. The molecule has 6 nitrogen and oxygen atoms in total. The number of para-hydroxylation sites is 1. The molecule has 32 heavy (non-hydrogen) atoms. The Morgan fingerprint density at radius 2 is 1.75 bits per heavy atom. The van der Waals surface area contributed by atoms with Gasteiger partial charge in [0.05, 0.1) is 10.4 Å². The normalized spacial score (nSPS) is 14.3. The first-order valence-electron chi connectivity index (χ1n) is 10.3. The summed E-state index contributed by atoms with van der Waals surface area (Å²) in [4.78, 5) is 16.1. The van der Waals surface area contributed by atoms with Gasteiger partial charge in [-0.1, -0.05) is 18.2 Å². The van der Waals surface area contributed by atoms with Crippen LogP contribution < -0.4 is 5.32 Å². The fourth-order valence-corrected chi connectivity index (χ4v) is 5.23. The molecule has 162 valence electrons. The van der Waals surface area contributed by atoms with Crippen LogP contribution in [-0.4, -0.2) is 29.3 Å². The van der Waals surface area contributed by atoms with E-state index in [-0.39, 0.29) is 22.4 Å². The second kappa shape index (κ2) is 7.87. The molecular formula is C24H20FN3O3S. The van der Waals surface area contributed by atoms with Gasteiger partial charge in [0.2, 0.25) is 5.95 Å². The van der Waals surface area contributed by atoms with E-state index < -0.39 is 16.0 Å². The van der Waals surface area contributed by atoms with Crippen molar-refractivity contribution < 1.29 is 17.6 Å². The first kappa shape index (κ1) is 20.4. The fraction of sp³-hybridized carbons (Fsp3) is 0.167. The van der Waals surface area contributed by atoms with Crippen molar-refractivity contribution in [1.29, 1.82) is 0 Å². The van der Waals surface area contributed by atoms with Crippen molar-refractivity contribution >= 4 is 26.8 Å². The topological polar surface area (TPSA) is 81.1 Å². The maximum absolute atomic E-state index is 14.4. The van der Waals surface area contributed by atoms with Gasteiger partial charge in [0.15, 0.2) is 0 Å². The zero-order valence-electron chi connectivity index (χ0n) is 17.0. The lowest BCUT2D eigenvalue weighted by molar-refractivity contribution is 0.0917. The summed E-state index contributed by atoms with van der Waals surface area (Å²) in [5.74, 6) is -0.881. The Bertz CT molecular complexity index is 1420. The van der Waals surface area contributed by atoms with Crippen molar-refractivity contribution in [2.45, 2.75) is 30.2 Å². The van der Waals surface area contributed by atoms with Crippen molar-refractivity contribution in [3.63, 3.8) is 0 Å². The van der Waals surface area contributed by atoms with Crippen molar-refractivity contribution in [2.24, 2.45) is 0 Å². The smallest absolute Gasteiger partial charge is 0.268 e. The molecule has 2 heterocycles. The molecule has 0 spiro atoms. The number of amides is 1. The van der Waals surface area contributed by atoms with Gasteiger partial charge in [-0.25, -0.2) is 17.4 Å². The van der Waals surface area contributed by atoms with Gasteiger partial charge in [-0.3, -0.25) is 4.79 Å². The van der Waals surface area contributed by atoms with Gasteiger partial charge in [-0.05, 0) is 61.7 Å². The van der Waals surface area contributed by atoms with E-state index in [1.807, 2.05) is 0 Å². The van der Waals surface area contributed by atoms with Crippen LogP contribution in [0.4, 0.5) is 4.39 Å². The molecule has 4 aromatic rings. The number of pyridine rings is 1. The number of rotatable bonds is 5. The van der Waals surface area contributed by atoms with Crippen LogP contribution in [0.3, 0.4) is 0 Å². The summed E-state index contributed by atoms with van der Waals surface area (Å²) in [5.41, 5.74) is 1.50. The molecule has 1 saturated carbocycles. The van der Waals surface area contributed by atoms with Crippen LogP contribution in [0, 0.1) is 5.95 Å². The SMILES string of the molecule is O=C(NC1CCC1)c1ccc(S(=O)(=O)n2cc(-c3cccnc3F)c3ccccc32)cc1. The van der Waals surface area contributed by atoms with Gasteiger partial charge < -0.3 is 5.32 Å². The summed E-state index contributed by atoms with van der Waals surface area (Å²) in [5, 5.41) is 3.54. The largest absolute Gasteiger partial charge is 0.349 e. The molecule has 0 radical (unpaired) electrons. The lowest BCUT2D eigenvalue weighted by atomic mass is 9.93. The highest BCUT2D eigenvalue weighted by atomic mass is 32.2. The maximum atomic E-state index is 14.4. The second-order valence-electron chi connectivity index (χ2n) is 7.83. The molecule has 1 fully saturated rings. The third-order valence-electron chi connectivity index (χ3n) is 5.84. The van der Waals surface area contributed by atoms with Crippen LogP contribution >= 0.6 is 0 Å². The van der Waals surface area contributed by atoms with Crippen molar-refractivity contribution in [3.8, 4) is 11.1 Å². The highest BCUT2D eigenvalue weighted by molar-refractivity contribution is 7.90. The number of carbonyl (C=O) groups excluding carboxylic acids is 1. The average molecular weight is 450 g/mol. The summed E-state index contributed by atoms with van der Waals surface area (Å²) in [7, 11) is -3.98. The quantitative estimate of drug-likeness (QED) is 0.459. The first-order chi connectivity index (χ1) is 15.4. The number of nitrogens with one attached hydrogen (secondary N) is 1. The monoisotopic (exact) mass is 449 g/mol. The molecule has 8 heteroatoms. The Morgan fingerprint density at radius 3 is 2.44 bits per heavy atom. The fourth-order valence-electron chi connectivity index (χ4n) is 3.86. The molecule has 5 rings (SSSR count). The number of fused-ring (bicyclic) bond motifs is 1. The van der Waals surface area contributed by atoms with Crippen molar-refractivity contribution in [2.75, 3.05) is 0 Å². The molecule has 0 aliphatic heterocycles. The van der Waals surface area contributed by atoms with E-state index >= 15 is 0 Å². The molecule has 1 amide bonds. The Balaban J connectivity index is 1.55. The van der Waals surface area contributed by atoms with E-state index in [9.17, 15) is 17.6 Å². The molecule has 0 saturated heterocycles. The lowest BCUT2D eigenvalue weighted by Crippen LogP contribution is -2.39. The predicted molar refractivity (Wildman–Crippen MR) is 119 cm³/mol. The van der Waals surface area contributed by atoms with E-state index in [4.69, 9.17) is 0 Å². The minimum Gasteiger partial charge on any atom is -0.349 e. The minimum absolute atomic E-state index is 0.0386. The molecule has 1 aliphatic rings. The van der Waals surface area contributed by atoms with Gasteiger partial charge in [-0.2, -0.15) is 4.39 Å². The van der Waals surface area contributed by atoms with Gasteiger partial charge in [0, 0.05) is 40.5 Å². The zero-order valence-corrected chi connectivity index (χ0v) is 17.8. The second-order valence-corrected chi connectivity index (χ2v) is 9.64. The zero-order chi connectivity index (χ0) is 22.3. The number of hydrogen-bond donors (Lipinski definition) is 1. The molecule has 0 bridgehead atoms. The van der Waals surface area contributed by atoms with E-state index in [2.05, 4.69) is 10.3 Å². The molecular weight excluding hydrogens is 429 g/mol. The predicted octanol–water partition coefficient (Wildman–Crippen LogP) is 4.36. The highest BCUT2D eigenvalue weighted by Crippen LogP contribution is 2.33. The van der Waals surface area contributed by atoms with Gasteiger partial charge in [-0.15, -0.1) is 0 Å². The molecule has 2 aromatic carbocycles. The standard InChI is InChI=1S/C24H20FN3O3S/c25-23-20(8-4-14-26-23)21-15-28(22-9-2-1-7-19(21)22)32(30,31)18-12-10-16(11-13-18)24(29)27-17-5-3-6-17/h1-2,4,7-15,17H,3,5-6H2,(H,27,29). The van der Waals surface area contributed by atoms with Gasteiger partial charge in [0.1, 0.15) is 0 Å². The van der Waals surface area contributed by atoms with Crippen LogP contribution in [0.15, 0.2) is 78.0 Å². The van der Waals surface area contributed by atoms with E-state index in [0.29, 0.717) is 22.0 Å². The molecule has 0 unspecified atom stereocenters. The maximum Gasteiger partial charge on any atom is 0.268 e. The van der Waals surface area contributed by atoms with E-state index in [1.54, 1.807) is 36.4 Å². The van der Waals surface area contributed by atoms with E-state index in [1.165, 1.54) is 36.7 Å². The summed E-state index contributed by atoms with van der Waals surface area (Å²) >= 11 is 0. The average Bonchev–Trinajstić information content (AvgIpc) is 3.17. The van der Waals surface area contributed by atoms with E-state index in [0.717, 1.165) is 23.2 Å². The summed E-state index contributed by atoms with van der Waals surface area (Å²) in [6.07, 6.45) is 5.81. The third-order valence-corrected chi connectivity index (χ3v) is 7.53. The number of aromatic nitrogens is 2. The molecule has 0 atom stereocenters. The van der Waals surface area contributed by atoms with Gasteiger partial charge >= 0.3 is 0 Å². The van der Waals surface area contributed by atoms with Crippen LogP contribution in [-0.2, 0) is 10.0 Å². The number of nitrogens with zero attached hydrogens (tertiary/aromatic N) is 2. The number of carbonyl (C=O) groups is 1. The number of halogens is 1. The van der Waals surface area contributed by atoms with Gasteiger partial charge in [0.25, 0.3) is 15.9 Å². The first-order valence-corrected chi connectivity index (χ1v) is 11.8. The van der Waals surface area contributed by atoms with Crippen LogP contribution in [0.1, 0.15) is 29.6 Å². The Hall–Kier alpha value is -3.52. The Kier molecular flexibility index (Phi) is 5.01. The van der Waals surface area contributed by atoms with Crippen LogP contribution in [0.5, 0.6) is 0 Å². The Labute approximate surface area is 184 Å². The van der Waals surface area contributed by atoms with Crippen LogP contribution in [0.2, 0.25) is 0 Å². The molecule has 1 aliphatic carbocycles. The molecule has 1 N–H and O–H groups in total. The minimum atomic E-state index is -3.98. The number of benzene rings is 2.